The number of aryl methyl sites for hydroxylation is 2. The van der Waals surface area contributed by atoms with Gasteiger partial charge in [-0.15, -0.1) is 0 Å². The Labute approximate surface area is 117 Å². The number of furan rings is 1. The van der Waals surface area contributed by atoms with Crippen molar-refractivity contribution in [3.8, 4) is 0 Å². The molecule has 2 nitrogen and oxygen atoms in total. The molecule has 0 saturated carbocycles. The molecule has 3 aromatic rings. The van der Waals surface area contributed by atoms with E-state index in [1.165, 1.54) is 17.7 Å². The third-order valence-corrected chi connectivity index (χ3v) is 3.42. The summed E-state index contributed by atoms with van der Waals surface area (Å²) in [5.74, 6) is 0.373. The summed E-state index contributed by atoms with van der Waals surface area (Å²) in [5, 5.41) is 1.02. The molecule has 3 rings (SSSR count). The van der Waals surface area contributed by atoms with Gasteiger partial charge in [0.2, 0.25) is 0 Å². The molecule has 0 amide bonds. The van der Waals surface area contributed by atoms with Crippen LogP contribution >= 0.6 is 0 Å². The highest BCUT2D eigenvalue weighted by Gasteiger charge is 2.15. The van der Waals surface area contributed by atoms with Crippen LogP contribution in [0.4, 0.5) is 4.39 Å². The molecule has 0 fully saturated rings. The van der Waals surface area contributed by atoms with Crippen molar-refractivity contribution in [1.29, 1.82) is 0 Å². The van der Waals surface area contributed by atoms with Gasteiger partial charge in [-0.1, -0.05) is 17.7 Å². The Kier molecular flexibility index (Phi) is 3.07. The number of rotatable bonds is 2. The van der Waals surface area contributed by atoms with E-state index in [1.54, 1.807) is 0 Å². The van der Waals surface area contributed by atoms with Crippen LogP contribution in [-0.4, -0.2) is 0 Å². The van der Waals surface area contributed by atoms with Gasteiger partial charge in [-0.05, 0) is 55.3 Å². The number of nitrogens with two attached hydrogens (primary N) is 1. The van der Waals surface area contributed by atoms with Crippen molar-refractivity contribution in [2.45, 2.75) is 19.9 Å². The van der Waals surface area contributed by atoms with Crippen LogP contribution in [0.15, 0.2) is 46.9 Å². The first-order valence-corrected chi connectivity index (χ1v) is 6.56. The lowest BCUT2D eigenvalue weighted by atomic mass is 10.0. The van der Waals surface area contributed by atoms with Crippen LogP contribution in [0.5, 0.6) is 0 Å². The molecule has 2 aromatic carbocycles. The third kappa shape index (κ3) is 2.32. The molecule has 20 heavy (non-hydrogen) atoms. The van der Waals surface area contributed by atoms with E-state index in [-0.39, 0.29) is 5.82 Å². The summed E-state index contributed by atoms with van der Waals surface area (Å²) in [6.07, 6.45) is 0. The average molecular weight is 269 g/mol. The summed E-state index contributed by atoms with van der Waals surface area (Å²) in [7, 11) is 0. The summed E-state index contributed by atoms with van der Waals surface area (Å²) >= 11 is 0. The van der Waals surface area contributed by atoms with E-state index in [0.717, 1.165) is 22.1 Å². The Bertz CT molecular complexity index is 756. The maximum absolute atomic E-state index is 13.5. The zero-order valence-corrected chi connectivity index (χ0v) is 11.5. The SMILES string of the molecule is Cc1cc(F)cc(C(N)c2cc3cc(C)ccc3o2)c1. The van der Waals surface area contributed by atoms with E-state index in [1.807, 2.05) is 44.2 Å². The standard InChI is InChI=1S/C17H16FNO/c1-10-3-4-15-12(5-10)9-16(20-15)17(19)13-6-11(2)7-14(18)8-13/h3-9,17H,19H2,1-2H3. The molecule has 1 atom stereocenters. The van der Waals surface area contributed by atoms with Crippen LogP contribution in [0.2, 0.25) is 0 Å². The van der Waals surface area contributed by atoms with Gasteiger partial charge in [-0.25, -0.2) is 4.39 Å². The molecule has 0 spiro atoms. The molecule has 1 unspecified atom stereocenters. The van der Waals surface area contributed by atoms with Gasteiger partial charge in [-0.2, -0.15) is 0 Å². The number of hydrogen-bond donors (Lipinski definition) is 1. The lowest BCUT2D eigenvalue weighted by molar-refractivity contribution is 0.523. The maximum atomic E-state index is 13.5. The molecule has 2 N–H and O–H groups in total. The van der Waals surface area contributed by atoms with E-state index in [0.29, 0.717) is 5.76 Å². The van der Waals surface area contributed by atoms with E-state index in [9.17, 15) is 4.39 Å². The fourth-order valence-electron chi connectivity index (χ4n) is 2.45. The van der Waals surface area contributed by atoms with Gasteiger partial charge >= 0.3 is 0 Å². The monoisotopic (exact) mass is 269 g/mol. The lowest BCUT2D eigenvalue weighted by Crippen LogP contribution is -2.11. The first-order valence-electron chi connectivity index (χ1n) is 6.56. The topological polar surface area (TPSA) is 39.2 Å². The van der Waals surface area contributed by atoms with Crippen molar-refractivity contribution >= 4 is 11.0 Å². The van der Waals surface area contributed by atoms with E-state index < -0.39 is 6.04 Å². The fourth-order valence-corrected chi connectivity index (χ4v) is 2.45. The Morgan fingerprint density at radius 3 is 2.55 bits per heavy atom. The molecule has 0 saturated heterocycles. The Balaban J connectivity index is 2.05. The molecule has 0 bridgehead atoms. The van der Waals surface area contributed by atoms with E-state index in [2.05, 4.69) is 0 Å². The average Bonchev–Trinajstić information content (AvgIpc) is 2.79. The number of halogens is 1. The van der Waals surface area contributed by atoms with Crippen molar-refractivity contribution in [1.82, 2.24) is 0 Å². The molecule has 102 valence electrons. The predicted molar refractivity (Wildman–Crippen MR) is 78.1 cm³/mol. The lowest BCUT2D eigenvalue weighted by Gasteiger charge is -2.10. The van der Waals surface area contributed by atoms with E-state index >= 15 is 0 Å². The third-order valence-electron chi connectivity index (χ3n) is 3.42. The Hall–Kier alpha value is -2.13. The number of hydrogen-bond acceptors (Lipinski definition) is 2. The summed E-state index contributed by atoms with van der Waals surface area (Å²) in [6, 6.07) is 12.3. The Morgan fingerprint density at radius 2 is 1.80 bits per heavy atom. The van der Waals surface area contributed by atoms with Crippen LogP contribution in [0, 0.1) is 19.7 Å². The zero-order chi connectivity index (χ0) is 14.3. The highest BCUT2D eigenvalue weighted by Crippen LogP contribution is 2.28. The first kappa shape index (κ1) is 12.9. The van der Waals surface area contributed by atoms with Gasteiger partial charge in [-0.3, -0.25) is 0 Å². The van der Waals surface area contributed by atoms with Crippen molar-refractivity contribution < 1.29 is 8.81 Å². The second kappa shape index (κ2) is 4.76. The minimum Gasteiger partial charge on any atom is -0.459 e. The van der Waals surface area contributed by atoms with Crippen molar-refractivity contribution in [2.75, 3.05) is 0 Å². The minimum atomic E-state index is -0.461. The number of fused-ring (bicyclic) bond motifs is 1. The van der Waals surface area contributed by atoms with Crippen LogP contribution < -0.4 is 5.73 Å². The molecule has 0 aliphatic rings. The van der Waals surface area contributed by atoms with E-state index in [4.69, 9.17) is 10.2 Å². The van der Waals surface area contributed by atoms with Gasteiger partial charge in [0, 0.05) is 5.39 Å². The number of benzene rings is 2. The first-order chi connectivity index (χ1) is 9.52. The van der Waals surface area contributed by atoms with Gasteiger partial charge in [0.05, 0.1) is 6.04 Å². The van der Waals surface area contributed by atoms with Crippen molar-refractivity contribution in [3.63, 3.8) is 0 Å². The highest BCUT2D eigenvalue weighted by molar-refractivity contribution is 5.78. The Morgan fingerprint density at radius 1 is 1.00 bits per heavy atom. The van der Waals surface area contributed by atoms with Crippen LogP contribution in [-0.2, 0) is 0 Å². The van der Waals surface area contributed by atoms with Gasteiger partial charge in [0.1, 0.15) is 17.2 Å². The van der Waals surface area contributed by atoms with Crippen molar-refractivity contribution in [2.24, 2.45) is 5.73 Å². The maximum Gasteiger partial charge on any atom is 0.134 e. The van der Waals surface area contributed by atoms with Gasteiger partial charge in [0.25, 0.3) is 0 Å². The zero-order valence-electron chi connectivity index (χ0n) is 11.5. The summed E-state index contributed by atoms with van der Waals surface area (Å²) in [4.78, 5) is 0. The van der Waals surface area contributed by atoms with Gasteiger partial charge < -0.3 is 10.2 Å². The highest BCUT2D eigenvalue weighted by atomic mass is 19.1. The second-order valence-corrected chi connectivity index (χ2v) is 5.23. The van der Waals surface area contributed by atoms with Crippen LogP contribution in [0.3, 0.4) is 0 Å². The molecule has 0 aliphatic heterocycles. The quantitative estimate of drug-likeness (QED) is 0.756. The van der Waals surface area contributed by atoms with Gasteiger partial charge in [0.15, 0.2) is 0 Å². The predicted octanol–water partition coefficient (Wildman–Crippen LogP) is 4.24. The molecular formula is C17H16FNO. The summed E-state index contributed by atoms with van der Waals surface area (Å²) < 4.78 is 19.2. The molecule has 1 aromatic heterocycles. The molecular weight excluding hydrogens is 253 g/mol. The normalized spacial score (nSPS) is 12.8. The van der Waals surface area contributed by atoms with Crippen LogP contribution in [0.1, 0.15) is 28.5 Å². The molecule has 0 aliphatic carbocycles. The molecule has 0 radical (unpaired) electrons. The largest absolute Gasteiger partial charge is 0.459 e. The second-order valence-electron chi connectivity index (χ2n) is 5.23. The summed E-state index contributed by atoms with van der Waals surface area (Å²) in [6.45, 7) is 3.88. The summed E-state index contributed by atoms with van der Waals surface area (Å²) in [5.41, 5.74) is 9.73. The van der Waals surface area contributed by atoms with Crippen molar-refractivity contribution in [3.05, 3.63) is 70.7 Å². The fraction of sp³-hybridized carbons (Fsp3) is 0.176. The molecule has 3 heteroatoms. The van der Waals surface area contributed by atoms with Crippen LogP contribution in [0.25, 0.3) is 11.0 Å². The molecule has 1 heterocycles. The smallest absolute Gasteiger partial charge is 0.134 e. The minimum absolute atomic E-state index is 0.276.